The number of carbonyl (C=O) groups is 3. The van der Waals surface area contributed by atoms with Crippen LogP contribution >= 0.6 is 11.6 Å². The van der Waals surface area contributed by atoms with Crippen molar-refractivity contribution in [1.82, 2.24) is 14.7 Å². The van der Waals surface area contributed by atoms with Gasteiger partial charge in [0.15, 0.2) is 0 Å². The number of ether oxygens (including phenoxy) is 1. The Kier molecular flexibility index (Phi) is 9.76. The molecule has 1 spiro atoms. The molecule has 9 heteroatoms. The molecule has 0 N–H and O–H groups in total. The van der Waals surface area contributed by atoms with Gasteiger partial charge in [0.25, 0.3) is 0 Å². The van der Waals surface area contributed by atoms with Crippen molar-refractivity contribution in [3.63, 3.8) is 0 Å². The van der Waals surface area contributed by atoms with Crippen LogP contribution in [-0.2, 0) is 14.3 Å². The number of piperidine rings is 1. The number of amides is 3. The fourth-order valence-corrected chi connectivity index (χ4v) is 6.00. The monoisotopic (exact) mass is 596 g/mol. The largest absolute Gasteiger partial charge is 0.444 e. The van der Waals surface area contributed by atoms with Gasteiger partial charge in [0.2, 0.25) is 11.8 Å². The minimum Gasteiger partial charge on any atom is -0.444 e. The smallest absolute Gasteiger partial charge is 0.410 e. The summed E-state index contributed by atoms with van der Waals surface area (Å²) in [5, 5.41) is 0.659. The fraction of sp³-hybridized carbons (Fsp3) is 0.545. The van der Waals surface area contributed by atoms with E-state index in [0.29, 0.717) is 44.2 Å². The van der Waals surface area contributed by atoms with E-state index in [1.807, 2.05) is 106 Å². The number of nitrogens with zero attached hydrogens (tertiary/aromatic N) is 4. The minimum atomic E-state index is -0.654. The van der Waals surface area contributed by atoms with Gasteiger partial charge in [-0.15, -0.1) is 0 Å². The van der Waals surface area contributed by atoms with E-state index in [1.54, 1.807) is 4.90 Å². The summed E-state index contributed by atoms with van der Waals surface area (Å²) >= 11 is 6.06. The van der Waals surface area contributed by atoms with E-state index in [4.69, 9.17) is 16.3 Å². The van der Waals surface area contributed by atoms with E-state index < -0.39 is 17.2 Å². The second kappa shape index (κ2) is 12.9. The van der Waals surface area contributed by atoms with Crippen molar-refractivity contribution in [3.05, 3.63) is 65.2 Å². The lowest BCUT2D eigenvalue weighted by atomic mass is 9.85. The van der Waals surface area contributed by atoms with Crippen LogP contribution in [0.4, 0.5) is 10.5 Å². The molecule has 1 atom stereocenters. The second-order valence-corrected chi connectivity index (χ2v) is 13.3. The molecule has 2 fully saturated rings. The number of likely N-dealkylation sites (tertiary alicyclic amines) is 1. The van der Waals surface area contributed by atoms with E-state index in [2.05, 4.69) is 4.90 Å². The zero-order valence-corrected chi connectivity index (χ0v) is 26.6. The molecule has 0 bridgehead atoms. The van der Waals surface area contributed by atoms with Gasteiger partial charge in [0, 0.05) is 49.4 Å². The number of carbonyl (C=O) groups excluding carboxylic acids is 3. The molecule has 3 amide bonds. The Bertz CT molecular complexity index is 1240. The summed E-state index contributed by atoms with van der Waals surface area (Å²) in [4.78, 5) is 48.0. The summed E-state index contributed by atoms with van der Waals surface area (Å²) in [5.74, 6) is 0.150. The Balaban J connectivity index is 1.42. The van der Waals surface area contributed by atoms with Crippen LogP contribution in [0.1, 0.15) is 72.3 Å². The quantitative estimate of drug-likeness (QED) is 0.366. The Morgan fingerprint density at radius 1 is 1.00 bits per heavy atom. The van der Waals surface area contributed by atoms with Gasteiger partial charge in [-0.2, -0.15) is 0 Å². The lowest BCUT2D eigenvalue weighted by molar-refractivity contribution is -0.139. The molecule has 0 aliphatic carbocycles. The SMILES string of the molecule is CC(CN(CCC(=O)N1CCC2(CC1)C(=O)N(C(C)C)CN2c1ccccc1)C(=O)OC(C)(C)C)c1ccc(Cl)cc1. The highest BCUT2D eigenvalue weighted by atomic mass is 35.5. The fourth-order valence-electron chi connectivity index (χ4n) is 5.88. The number of halogens is 1. The molecule has 1 unspecified atom stereocenters. The number of para-hydroxylation sites is 1. The molecule has 42 heavy (non-hydrogen) atoms. The first-order chi connectivity index (χ1) is 19.8. The van der Waals surface area contributed by atoms with Crippen molar-refractivity contribution < 1.29 is 19.1 Å². The number of anilines is 1. The van der Waals surface area contributed by atoms with Gasteiger partial charge in [-0.05, 0) is 83.2 Å². The molecule has 2 aromatic rings. The van der Waals surface area contributed by atoms with Crippen LogP contribution in [0.5, 0.6) is 0 Å². The van der Waals surface area contributed by atoms with E-state index >= 15 is 0 Å². The maximum absolute atomic E-state index is 13.7. The molecule has 4 rings (SSSR count). The highest BCUT2D eigenvalue weighted by Crippen LogP contribution is 2.40. The molecule has 0 radical (unpaired) electrons. The Morgan fingerprint density at radius 2 is 1.62 bits per heavy atom. The van der Waals surface area contributed by atoms with Crippen LogP contribution in [0.25, 0.3) is 0 Å². The number of hydrogen-bond acceptors (Lipinski definition) is 5. The molecule has 2 saturated heterocycles. The first-order valence-electron chi connectivity index (χ1n) is 15.0. The van der Waals surface area contributed by atoms with Gasteiger partial charge in [-0.1, -0.05) is 48.9 Å². The maximum Gasteiger partial charge on any atom is 0.410 e. The van der Waals surface area contributed by atoms with Crippen molar-refractivity contribution in [2.45, 2.75) is 83.9 Å². The highest BCUT2D eigenvalue weighted by Gasteiger charge is 2.54. The van der Waals surface area contributed by atoms with Gasteiger partial charge in [0.05, 0.1) is 6.67 Å². The average molecular weight is 597 g/mol. The Hall–Kier alpha value is -3.26. The molecular formula is C33H45ClN4O4. The zero-order chi connectivity index (χ0) is 30.7. The van der Waals surface area contributed by atoms with Crippen molar-refractivity contribution in [2.24, 2.45) is 0 Å². The lowest BCUT2D eigenvalue weighted by Gasteiger charge is -2.43. The molecule has 228 valence electrons. The Labute approximate surface area is 255 Å². The van der Waals surface area contributed by atoms with Gasteiger partial charge in [-0.25, -0.2) is 4.79 Å². The number of rotatable bonds is 8. The summed E-state index contributed by atoms with van der Waals surface area (Å²) in [5.41, 5.74) is 0.780. The molecule has 2 aliphatic heterocycles. The third kappa shape index (κ3) is 7.20. The second-order valence-electron chi connectivity index (χ2n) is 12.8. The third-order valence-corrected chi connectivity index (χ3v) is 8.54. The molecule has 8 nitrogen and oxygen atoms in total. The topological polar surface area (TPSA) is 73.4 Å². The molecule has 0 saturated carbocycles. The number of hydrogen-bond donors (Lipinski definition) is 0. The highest BCUT2D eigenvalue weighted by molar-refractivity contribution is 6.30. The molecular weight excluding hydrogens is 552 g/mol. The van der Waals surface area contributed by atoms with E-state index in [0.717, 1.165) is 11.3 Å². The van der Waals surface area contributed by atoms with Gasteiger partial charge < -0.3 is 24.3 Å². The predicted molar refractivity (Wildman–Crippen MR) is 167 cm³/mol. The molecule has 2 aromatic carbocycles. The van der Waals surface area contributed by atoms with Crippen LogP contribution in [-0.4, -0.2) is 82.6 Å². The molecule has 2 aliphatic rings. The summed E-state index contributed by atoms with van der Waals surface area (Å²) < 4.78 is 5.69. The average Bonchev–Trinajstić information content (AvgIpc) is 3.22. The van der Waals surface area contributed by atoms with Crippen molar-refractivity contribution >= 4 is 35.2 Å². The van der Waals surface area contributed by atoms with Crippen LogP contribution in [0.2, 0.25) is 5.02 Å². The number of benzene rings is 2. The maximum atomic E-state index is 13.7. The normalized spacial score (nSPS) is 17.6. The zero-order valence-electron chi connectivity index (χ0n) is 25.8. The van der Waals surface area contributed by atoms with Crippen molar-refractivity contribution in [3.8, 4) is 0 Å². The van der Waals surface area contributed by atoms with Gasteiger partial charge >= 0.3 is 6.09 Å². The van der Waals surface area contributed by atoms with Crippen molar-refractivity contribution in [1.29, 1.82) is 0 Å². The van der Waals surface area contributed by atoms with E-state index in [9.17, 15) is 14.4 Å². The summed E-state index contributed by atoms with van der Waals surface area (Å²) in [6.45, 7) is 13.8. The first kappa shape index (κ1) is 31.7. The van der Waals surface area contributed by atoms with Crippen LogP contribution in [0.15, 0.2) is 54.6 Å². The van der Waals surface area contributed by atoms with Crippen LogP contribution in [0.3, 0.4) is 0 Å². The van der Waals surface area contributed by atoms with Gasteiger partial charge in [0.1, 0.15) is 11.1 Å². The Morgan fingerprint density at radius 3 is 2.19 bits per heavy atom. The third-order valence-electron chi connectivity index (χ3n) is 8.28. The standard InChI is InChI=1S/C33H45ClN4O4/c1-24(2)37-23-38(28-10-8-7-9-11-28)33(30(37)40)17-20-35(21-18-33)29(39)16-19-36(31(41)42-32(4,5)6)22-25(3)26-12-14-27(34)15-13-26/h7-15,24-25H,16-23H2,1-6H3. The van der Waals surface area contributed by atoms with E-state index in [-0.39, 0.29) is 36.7 Å². The first-order valence-corrected chi connectivity index (χ1v) is 15.3. The lowest BCUT2D eigenvalue weighted by Crippen LogP contribution is -2.57. The minimum absolute atomic E-state index is 0.0185. The summed E-state index contributed by atoms with van der Waals surface area (Å²) in [6.07, 6.45) is 0.893. The predicted octanol–water partition coefficient (Wildman–Crippen LogP) is 6.15. The van der Waals surface area contributed by atoms with Gasteiger partial charge in [-0.3, -0.25) is 9.59 Å². The van der Waals surface area contributed by atoms with Crippen LogP contribution < -0.4 is 4.90 Å². The van der Waals surface area contributed by atoms with E-state index in [1.165, 1.54) is 0 Å². The molecule has 0 aromatic heterocycles. The molecule has 2 heterocycles. The summed E-state index contributed by atoms with van der Waals surface area (Å²) in [6, 6.07) is 17.8. The summed E-state index contributed by atoms with van der Waals surface area (Å²) in [7, 11) is 0. The van der Waals surface area contributed by atoms with Crippen LogP contribution in [0, 0.1) is 0 Å². The van der Waals surface area contributed by atoms with Crippen molar-refractivity contribution in [2.75, 3.05) is 37.7 Å².